The molecule has 1 aliphatic carbocycles. The SMILES string of the molecule is COc1ccc(N(C)C(=O)C(C)(C)OC(C)=O)cc1C1=C(CN2C(=O)O[C@H](c3cc(C(F)(F)F)cc(C(F)(F)F)c3)[C@@H]2C)CC(C)(C)CC1. The van der Waals surface area contributed by atoms with Crippen LogP contribution < -0.4 is 9.64 Å². The smallest absolute Gasteiger partial charge is 0.416 e. The minimum Gasteiger partial charge on any atom is -0.496 e. The summed E-state index contributed by atoms with van der Waals surface area (Å²) in [7, 11) is 3.03. The van der Waals surface area contributed by atoms with E-state index >= 15 is 0 Å². The number of esters is 1. The largest absolute Gasteiger partial charge is 0.496 e. The highest BCUT2D eigenvalue weighted by Gasteiger charge is 2.44. The van der Waals surface area contributed by atoms with Crippen LogP contribution in [0.15, 0.2) is 42.0 Å². The molecule has 1 saturated heterocycles. The Morgan fingerprint density at radius 3 is 2.14 bits per heavy atom. The number of methoxy groups -OCH3 is 1. The predicted molar refractivity (Wildman–Crippen MR) is 169 cm³/mol. The third kappa shape index (κ3) is 8.16. The first-order valence-corrected chi connectivity index (χ1v) is 15.6. The number of halogens is 6. The predicted octanol–water partition coefficient (Wildman–Crippen LogP) is 8.58. The molecular weight excluding hydrogens is 658 g/mol. The van der Waals surface area contributed by atoms with Crippen molar-refractivity contribution in [2.24, 2.45) is 5.41 Å². The average molecular weight is 699 g/mol. The fourth-order valence-corrected chi connectivity index (χ4v) is 6.46. The second kappa shape index (κ2) is 13.2. The fourth-order valence-electron chi connectivity index (χ4n) is 6.46. The summed E-state index contributed by atoms with van der Waals surface area (Å²) in [5.41, 5.74) is -2.35. The topological polar surface area (TPSA) is 85.4 Å². The van der Waals surface area contributed by atoms with Gasteiger partial charge in [-0.1, -0.05) is 13.8 Å². The molecule has 268 valence electrons. The lowest BCUT2D eigenvalue weighted by molar-refractivity contribution is -0.161. The number of carbonyl (C=O) groups excluding carboxylic acids is 3. The summed E-state index contributed by atoms with van der Waals surface area (Å²) in [6, 6.07) is 5.39. The van der Waals surface area contributed by atoms with Crippen LogP contribution in [0.25, 0.3) is 5.57 Å². The molecule has 0 saturated carbocycles. The van der Waals surface area contributed by atoms with Gasteiger partial charge in [0.15, 0.2) is 5.60 Å². The number of rotatable bonds is 8. The molecule has 2 aliphatic rings. The van der Waals surface area contributed by atoms with Gasteiger partial charge in [-0.3, -0.25) is 14.5 Å². The Morgan fingerprint density at radius 2 is 1.61 bits per heavy atom. The van der Waals surface area contributed by atoms with Gasteiger partial charge in [-0.2, -0.15) is 26.3 Å². The summed E-state index contributed by atoms with van der Waals surface area (Å²) >= 11 is 0. The van der Waals surface area contributed by atoms with Crippen LogP contribution in [0.1, 0.15) is 89.2 Å². The number of allylic oxidation sites excluding steroid dienone is 1. The molecule has 2 atom stereocenters. The van der Waals surface area contributed by atoms with Crippen LogP contribution in [0.4, 0.5) is 36.8 Å². The van der Waals surface area contributed by atoms with Crippen molar-refractivity contribution in [2.45, 2.75) is 90.9 Å². The standard InChI is InChI=1S/C35H40F6N2O6/c1-19-29(21-13-23(34(36,37)38)15-24(14-21)35(39,40)41)48-31(46)43(19)18-22-17-32(3,4)12-11-26(22)27-16-25(9-10-28(27)47-8)42(7)30(45)33(5,6)49-20(2)44/h9-10,13-16,19,29H,11-12,17-18H2,1-8H3/t19-,29-/m0/s1. The molecule has 1 aliphatic heterocycles. The van der Waals surface area contributed by atoms with E-state index in [1.165, 1.54) is 44.6 Å². The Kier molecular flexibility index (Phi) is 10.2. The zero-order valence-electron chi connectivity index (χ0n) is 28.6. The zero-order chi connectivity index (χ0) is 36.9. The quantitative estimate of drug-likeness (QED) is 0.203. The van der Waals surface area contributed by atoms with E-state index < -0.39 is 64.8 Å². The Labute approximate surface area is 281 Å². The fraction of sp³-hybridized carbons (Fsp3) is 0.514. The molecule has 49 heavy (non-hydrogen) atoms. The molecule has 0 bridgehead atoms. The minimum atomic E-state index is -5.06. The van der Waals surface area contributed by atoms with Gasteiger partial charge < -0.3 is 19.1 Å². The van der Waals surface area contributed by atoms with Crippen molar-refractivity contribution in [1.82, 2.24) is 4.90 Å². The number of amides is 2. The lowest BCUT2D eigenvalue weighted by atomic mass is 9.72. The summed E-state index contributed by atoms with van der Waals surface area (Å²) in [6.45, 7) is 9.78. The first kappa shape index (κ1) is 37.6. The van der Waals surface area contributed by atoms with Crippen molar-refractivity contribution < 1.29 is 54.9 Å². The van der Waals surface area contributed by atoms with Gasteiger partial charge in [0.25, 0.3) is 5.91 Å². The molecule has 4 rings (SSSR count). The van der Waals surface area contributed by atoms with E-state index in [2.05, 4.69) is 13.8 Å². The number of alkyl halides is 6. The van der Waals surface area contributed by atoms with Gasteiger partial charge in [-0.25, -0.2) is 4.79 Å². The highest BCUT2D eigenvalue weighted by atomic mass is 19.4. The molecule has 0 unspecified atom stereocenters. The van der Waals surface area contributed by atoms with Gasteiger partial charge in [-0.05, 0) is 98.6 Å². The van der Waals surface area contributed by atoms with Crippen molar-refractivity contribution in [3.8, 4) is 5.75 Å². The summed E-state index contributed by atoms with van der Waals surface area (Å²) < 4.78 is 98.0. The summed E-state index contributed by atoms with van der Waals surface area (Å²) in [5, 5.41) is 0. The third-order valence-corrected chi connectivity index (χ3v) is 8.98. The molecule has 2 aromatic rings. The number of hydrogen-bond acceptors (Lipinski definition) is 6. The van der Waals surface area contributed by atoms with Crippen LogP contribution in [0.5, 0.6) is 5.75 Å². The zero-order valence-corrected chi connectivity index (χ0v) is 28.6. The second-order valence-corrected chi connectivity index (χ2v) is 13.8. The van der Waals surface area contributed by atoms with Crippen molar-refractivity contribution in [3.05, 3.63) is 64.2 Å². The first-order chi connectivity index (χ1) is 22.4. The van der Waals surface area contributed by atoms with Crippen LogP contribution in [0.2, 0.25) is 0 Å². The maximum Gasteiger partial charge on any atom is 0.416 e. The van der Waals surface area contributed by atoms with E-state index in [0.717, 1.165) is 17.6 Å². The molecule has 8 nitrogen and oxygen atoms in total. The van der Waals surface area contributed by atoms with E-state index in [-0.39, 0.29) is 18.0 Å². The maximum atomic E-state index is 13.6. The summed E-state index contributed by atoms with van der Waals surface area (Å²) in [4.78, 5) is 40.8. The third-order valence-electron chi connectivity index (χ3n) is 8.98. The van der Waals surface area contributed by atoms with E-state index in [1.54, 1.807) is 25.2 Å². The van der Waals surface area contributed by atoms with Crippen molar-refractivity contribution in [1.29, 1.82) is 0 Å². The molecule has 2 aromatic carbocycles. The van der Waals surface area contributed by atoms with Gasteiger partial charge in [0.1, 0.15) is 11.9 Å². The molecular formula is C35H40F6N2O6. The number of anilines is 1. The Morgan fingerprint density at radius 1 is 1.02 bits per heavy atom. The molecule has 1 fully saturated rings. The van der Waals surface area contributed by atoms with Crippen LogP contribution in [-0.2, 0) is 31.4 Å². The Balaban J connectivity index is 1.75. The first-order valence-electron chi connectivity index (χ1n) is 15.6. The van der Waals surface area contributed by atoms with Crippen LogP contribution in [0, 0.1) is 5.41 Å². The van der Waals surface area contributed by atoms with Crippen molar-refractivity contribution >= 4 is 29.2 Å². The average Bonchev–Trinajstić information content (AvgIpc) is 3.26. The van der Waals surface area contributed by atoms with Crippen LogP contribution in [-0.4, -0.2) is 55.2 Å². The van der Waals surface area contributed by atoms with E-state index in [9.17, 15) is 40.7 Å². The monoisotopic (exact) mass is 698 g/mol. The number of benzene rings is 2. The lowest BCUT2D eigenvalue weighted by Crippen LogP contribution is -2.46. The Bertz CT molecular complexity index is 1630. The second-order valence-electron chi connectivity index (χ2n) is 13.8. The van der Waals surface area contributed by atoms with Gasteiger partial charge in [0.2, 0.25) is 0 Å². The number of ether oxygens (including phenoxy) is 3. The Hall–Kier alpha value is -4.23. The number of nitrogens with zero attached hydrogens (tertiary/aromatic N) is 2. The van der Waals surface area contributed by atoms with Crippen molar-refractivity contribution in [2.75, 3.05) is 25.6 Å². The molecule has 0 radical (unpaired) electrons. The molecule has 0 aromatic heterocycles. The number of likely N-dealkylation sites (N-methyl/N-ethyl adjacent to an activating group) is 1. The van der Waals surface area contributed by atoms with E-state index in [1.807, 2.05) is 0 Å². The van der Waals surface area contributed by atoms with Gasteiger partial charge >= 0.3 is 24.4 Å². The van der Waals surface area contributed by atoms with Gasteiger partial charge in [0, 0.05) is 31.8 Å². The summed E-state index contributed by atoms with van der Waals surface area (Å²) in [5.74, 6) is -0.622. The van der Waals surface area contributed by atoms with Gasteiger partial charge in [0.05, 0.1) is 24.3 Å². The number of hydrogen-bond donors (Lipinski definition) is 0. The van der Waals surface area contributed by atoms with Crippen LogP contribution in [0.3, 0.4) is 0 Å². The lowest BCUT2D eigenvalue weighted by Gasteiger charge is -2.36. The summed E-state index contributed by atoms with van der Waals surface area (Å²) in [6.07, 6.45) is -10.6. The van der Waals surface area contributed by atoms with E-state index in [0.29, 0.717) is 42.0 Å². The minimum absolute atomic E-state index is 0.0119. The highest BCUT2D eigenvalue weighted by molar-refractivity contribution is 6.00. The van der Waals surface area contributed by atoms with Crippen LogP contribution >= 0.6 is 0 Å². The number of cyclic esters (lactones) is 1. The van der Waals surface area contributed by atoms with E-state index in [4.69, 9.17) is 14.2 Å². The maximum absolute atomic E-state index is 13.6. The molecule has 14 heteroatoms. The van der Waals surface area contributed by atoms with Crippen molar-refractivity contribution in [3.63, 3.8) is 0 Å². The van der Waals surface area contributed by atoms with Gasteiger partial charge in [-0.15, -0.1) is 0 Å². The molecule has 2 amide bonds. The molecule has 1 heterocycles. The molecule has 0 N–H and O–H groups in total. The highest BCUT2D eigenvalue weighted by Crippen LogP contribution is 2.47. The number of carbonyl (C=O) groups is 3. The normalized spacial score (nSPS) is 19.9. The molecule has 0 spiro atoms.